The molecule has 3 heterocycles. The maximum Gasteiger partial charge on any atom is 0.243 e. The van der Waals surface area contributed by atoms with Gasteiger partial charge in [-0.25, -0.2) is 0 Å². The fourth-order valence-electron chi connectivity index (χ4n) is 5.71. The molecular formula is C29H43N5O4. The first-order chi connectivity index (χ1) is 18.2. The number of aromatic nitrogens is 2. The molecule has 4 unspecified atom stereocenters. The minimum atomic E-state index is -0.756. The van der Waals surface area contributed by atoms with E-state index >= 15 is 0 Å². The Hall–Kier alpha value is -2.75. The number of aliphatic hydroxyl groups is 2. The maximum absolute atomic E-state index is 13.5. The first-order valence-electron chi connectivity index (χ1n) is 14.0. The number of carbonyl (C=O) groups is 2. The molecule has 2 fully saturated rings. The van der Waals surface area contributed by atoms with Crippen LogP contribution in [0.5, 0.6) is 0 Å². The molecule has 0 bridgehead atoms. The summed E-state index contributed by atoms with van der Waals surface area (Å²) in [4.78, 5) is 28.1. The number of hydrogen-bond acceptors (Lipinski definition) is 6. The van der Waals surface area contributed by atoms with Gasteiger partial charge in [-0.2, -0.15) is 5.10 Å². The van der Waals surface area contributed by atoms with Crippen molar-refractivity contribution in [1.82, 2.24) is 25.3 Å². The third-order valence-electron chi connectivity index (χ3n) is 8.31. The summed E-state index contributed by atoms with van der Waals surface area (Å²) in [5.41, 5.74) is 4.11. The van der Waals surface area contributed by atoms with Crippen LogP contribution in [0.15, 0.2) is 30.5 Å². The highest BCUT2D eigenvalue weighted by molar-refractivity contribution is 5.89. The maximum atomic E-state index is 13.5. The summed E-state index contributed by atoms with van der Waals surface area (Å²) in [6.45, 7) is 10.4. The van der Waals surface area contributed by atoms with Gasteiger partial charge in [-0.1, -0.05) is 32.9 Å². The number of amides is 2. The number of piperidine rings is 1. The molecule has 4 N–H and O–H groups in total. The largest absolute Gasteiger partial charge is 0.394 e. The number of likely N-dealkylation sites (tertiary alicyclic amines) is 1. The second-order valence-electron chi connectivity index (χ2n) is 11.1. The summed E-state index contributed by atoms with van der Waals surface area (Å²) in [5, 5.41) is 31.6. The molecule has 0 saturated carbocycles. The van der Waals surface area contributed by atoms with Gasteiger partial charge in [-0.05, 0) is 68.0 Å². The summed E-state index contributed by atoms with van der Waals surface area (Å²) in [6.07, 6.45) is 3.20. The Morgan fingerprint density at radius 1 is 1.18 bits per heavy atom. The molecule has 38 heavy (non-hydrogen) atoms. The third-order valence-corrected chi connectivity index (χ3v) is 8.31. The summed E-state index contributed by atoms with van der Waals surface area (Å²) in [7, 11) is 0. The van der Waals surface area contributed by atoms with Crippen LogP contribution in [0.3, 0.4) is 0 Å². The highest BCUT2D eigenvalue weighted by Crippen LogP contribution is 2.35. The van der Waals surface area contributed by atoms with E-state index in [0.29, 0.717) is 5.92 Å². The van der Waals surface area contributed by atoms with Crippen molar-refractivity contribution >= 4 is 11.8 Å². The topological polar surface area (TPSA) is 120 Å². The molecule has 2 aliphatic rings. The van der Waals surface area contributed by atoms with E-state index in [1.165, 1.54) is 4.90 Å². The van der Waals surface area contributed by atoms with Gasteiger partial charge in [-0.3, -0.25) is 14.3 Å². The number of benzene rings is 1. The van der Waals surface area contributed by atoms with Crippen LogP contribution >= 0.6 is 0 Å². The first kappa shape index (κ1) is 28.3. The van der Waals surface area contributed by atoms with Crippen LogP contribution in [-0.4, -0.2) is 75.1 Å². The van der Waals surface area contributed by atoms with Crippen LogP contribution in [0.4, 0.5) is 0 Å². The van der Waals surface area contributed by atoms with Crippen LogP contribution in [-0.2, 0) is 16.1 Å². The highest BCUT2D eigenvalue weighted by Gasteiger charge is 2.41. The summed E-state index contributed by atoms with van der Waals surface area (Å²) >= 11 is 0. The van der Waals surface area contributed by atoms with Crippen LogP contribution in [0, 0.1) is 11.8 Å². The van der Waals surface area contributed by atoms with Crippen LogP contribution in [0.2, 0.25) is 0 Å². The van der Waals surface area contributed by atoms with Gasteiger partial charge in [0.2, 0.25) is 11.8 Å². The fraction of sp³-hybridized carbons (Fsp3) is 0.621. The zero-order valence-electron chi connectivity index (χ0n) is 23.1. The van der Waals surface area contributed by atoms with Gasteiger partial charge < -0.3 is 25.7 Å². The Kier molecular flexibility index (Phi) is 9.23. The molecule has 2 saturated heterocycles. The number of carbonyl (C=O) groups excluding carboxylic acids is 2. The van der Waals surface area contributed by atoms with Crippen LogP contribution in [0.25, 0.3) is 11.3 Å². The van der Waals surface area contributed by atoms with E-state index < -0.39 is 18.2 Å². The van der Waals surface area contributed by atoms with Gasteiger partial charge in [0, 0.05) is 37.2 Å². The Morgan fingerprint density at radius 3 is 2.58 bits per heavy atom. The number of nitrogens with zero attached hydrogens (tertiary/aromatic N) is 3. The molecule has 4 rings (SSSR count). The lowest BCUT2D eigenvalue weighted by Crippen LogP contribution is -2.49. The SMILES string of the molecule is CCn1nccc1-c1ccc(C(CO)NC(=O)C2CC(O)CN2C(=O)C(C)C(C)C)c(C2CCNCC2)c1. The molecule has 9 heteroatoms. The van der Waals surface area contributed by atoms with E-state index in [0.717, 1.165) is 54.9 Å². The second kappa shape index (κ2) is 12.4. The molecule has 9 nitrogen and oxygen atoms in total. The average molecular weight is 526 g/mol. The van der Waals surface area contributed by atoms with Crippen molar-refractivity contribution in [3.63, 3.8) is 0 Å². The number of hydrogen-bond donors (Lipinski definition) is 4. The fourth-order valence-corrected chi connectivity index (χ4v) is 5.71. The number of aliphatic hydroxyl groups excluding tert-OH is 2. The van der Waals surface area contributed by atoms with E-state index in [1.54, 1.807) is 6.20 Å². The molecule has 2 aliphatic heterocycles. The Labute approximate surface area is 225 Å². The van der Waals surface area contributed by atoms with Crippen LogP contribution in [0.1, 0.15) is 70.0 Å². The number of rotatable bonds is 9. The smallest absolute Gasteiger partial charge is 0.243 e. The number of β-amino-alcohol motifs (C(OH)–C–C–N with tert-alkyl or cyclic N) is 1. The lowest BCUT2D eigenvalue weighted by atomic mass is 9.83. The highest BCUT2D eigenvalue weighted by atomic mass is 16.3. The Bertz CT molecular complexity index is 1110. The molecule has 0 aliphatic carbocycles. The van der Waals surface area contributed by atoms with Crippen molar-refractivity contribution in [3.05, 3.63) is 41.6 Å². The normalized spacial score (nSPS) is 22.0. The van der Waals surface area contributed by atoms with Gasteiger partial charge in [0.25, 0.3) is 0 Å². The quantitative estimate of drug-likeness (QED) is 0.399. The molecular weight excluding hydrogens is 482 g/mol. The first-order valence-corrected chi connectivity index (χ1v) is 14.0. The molecule has 208 valence electrons. The number of aryl methyl sites for hydroxylation is 1. The van der Waals surface area contributed by atoms with Gasteiger partial charge in [-0.15, -0.1) is 0 Å². The average Bonchev–Trinajstić information content (AvgIpc) is 3.57. The second-order valence-corrected chi connectivity index (χ2v) is 11.1. The number of nitrogens with one attached hydrogen (secondary N) is 2. The molecule has 2 aromatic rings. The van der Waals surface area contributed by atoms with Gasteiger partial charge >= 0.3 is 0 Å². The van der Waals surface area contributed by atoms with Crippen molar-refractivity contribution in [2.45, 2.75) is 77.6 Å². The third kappa shape index (κ3) is 5.95. The molecule has 1 aromatic carbocycles. The Balaban J connectivity index is 1.62. The van der Waals surface area contributed by atoms with E-state index in [1.807, 2.05) is 43.7 Å². The zero-order chi connectivity index (χ0) is 27.4. The van der Waals surface area contributed by atoms with Gasteiger partial charge in [0.1, 0.15) is 6.04 Å². The lowest BCUT2D eigenvalue weighted by Gasteiger charge is -2.31. The Morgan fingerprint density at radius 2 is 1.92 bits per heavy atom. The monoisotopic (exact) mass is 525 g/mol. The van der Waals surface area contributed by atoms with Crippen molar-refractivity contribution < 1.29 is 19.8 Å². The molecule has 0 radical (unpaired) electrons. The molecule has 1 aromatic heterocycles. The predicted octanol–water partition coefficient (Wildman–Crippen LogP) is 2.44. The minimum absolute atomic E-state index is 0.121. The van der Waals surface area contributed by atoms with E-state index in [-0.39, 0.29) is 43.2 Å². The standard InChI is InChI=1S/C29H43N5O4/c1-5-34-26(10-13-31-34)21-6-7-23(24(14-21)20-8-11-30-12-9-20)25(17-35)32-28(37)27-15-22(36)16-33(27)29(38)19(4)18(2)3/h6-7,10,13-14,18-20,22,25,27,30,35-36H,5,8-9,11-12,15-17H2,1-4H3,(H,32,37). The summed E-state index contributed by atoms with van der Waals surface area (Å²) in [6, 6.07) is 6.85. The summed E-state index contributed by atoms with van der Waals surface area (Å²) in [5.74, 6) is -0.281. The molecule has 0 spiro atoms. The van der Waals surface area contributed by atoms with Gasteiger partial charge in [0.15, 0.2) is 0 Å². The van der Waals surface area contributed by atoms with E-state index in [4.69, 9.17) is 0 Å². The minimum Gasteiger partial charge on any atom is -0.394 e. The molecule has 4 atom stereocenters. The van der Waals surface area contributed by atoms with Crippen molar-refractivity contribution in [1.29, 1.82) is 0 Å². The van der Waals surface area contributed by atoms with Crippen molar-refractivity contribution in [2.24, 2.45) is 11.8 Å². The van der Waals surface area contributed by atoms with Crippen molar-refractivity contribution in [3.8, 4) is 11.3 Å². The van der Waals surface area contributed by atoms with E-state index in [2.05, 4.69) is 28.7 Å². The predicted molar refractivity (Wildman–Crippen MR) is 146 cm³/mol. The lowest BCUT2D eigenvalue weighted by molar-refractivity contribution is -0.142. The van der Waals surface area contributed by atoms with E-state index in [9.17, 15) is 19.8 Å². The van der Waals surface area contributed by atoms with Crippen LogP contribution < -0.4 is 10.6 Å². The summed E-state index contributed by atoms with van der Waals surface area (Å²) < 4.78 is 1.96. The van der Waals surface area contributed by atoms with Crippen molar-refractivity contribution in [2.75, 3.05) is 26.2 Å². The van der Waals surface area contributed by atoms with Gasteiger partial charge in [0.05, 0.1) is 24.4 Å². The zero-order valence-corrected chi connectivity index (χ0v) is 23.1. The molecule has 2 amide bonds.